The van der Waals surface area contributed by atoms with E-state index in [0.717, 1.165) is 27.4 Å². The molecule has 1 heterocycles. The van der Waals surface area contributed by atoms with Gasteiger partial charge in [0.25, 0.3) is 0 Å². The number of rotatable bonds is 4. The van der Waals surface area contributed by atoms with Crippen LogP contribution >= 0.6 is 11.8 Å². The summed E-state index contributed by atoms with van der Waals surface area (Å²) in [6.07, 6.45) is 0. The summed E-state index contributed by atoms with van der Waals surface area (Å²) in [7, 11) is 0. The molecule has 0 bridgehead atoms. The topological polar surface area (TPSA) is 40.6 Å². The Balaban J connectivity index is 1.88. The van der Waals surface area contributed by atoms with E-state index in [9.17, 15) is 9.59 Å². The van der Waals surface area contributed by atoms with E-state index in [0.29, 0.717) is 12.3 Å². The Morgan fingerprint density at radius 1 is 1.20 bits per heavy atom. The summed E-state index contributed by atoms with van der Waals surface area (Å²) in [4.78, 5) is 29.8. The number of likely N-dealkylation sites (N-methyl/N-ethyl adjacent to an activating group) is 1. The first-order valence-corrected chi connectivity index (χ1v) is 9.39. The second-order valence-corrected chi connectivity index (χ2v) is 7.18. The van der Waals surface area contributed by atoms with Gasteiger partial charge in [0.1, 0.15) is 6.54 Å². The van der Waals surface area contributed by atoms with Crippen molar-refractivity contribution >= 4 is 35.0 Å². The zero-order chi connectivity index (χ0) is 18.0. The summed E-state index contributed by atoms with van der Waals surface area (Å²) >= 11 is 1.53. The highest BCUT2D eigenvalue weighted by Crippen LogP contribution is 2.35. The van der Waals surface area contributed by atoms with Crippen molar-refractivity contribution in [2.75, 3.05) is 28.6 Å². The minimum absolute atomic E-state index is 0.0194. The molecule has 25 heavy (non-hydrogen) atoms. The Labute approximate surface area is 152 Å². The van der Waals surface area contributed by atoms with Crippen molar-refractivity contribution in [2.45, 2.75) is 25.7 Å². The van der Waals surface area contributed by atoms with Crippen LogP contribution < -0.4 is 9.80 Å². The molecule has 0 aromatic heterocycles. The Hall–Kier alpha value is -2.27. The normalized spacial score (nSPS) is 13.6. The molecule has 2 aromatic carbocycles. The fourth-order valence-electron chi connectivity index (χ4n) is 3.04. The van der Waals surface area contributed by atoms with Crippen molar-refractivity contribution in [1.29, 1.82) is 0 Å². The minimum Gasteiger partial charge on any atom is -0.311 e. The van der Waals surface area contributed by atoms with Crippen molar-refractivity contribution in [3.05, 3.63) is 53.6 Å². The summed E-state index contributed by atoms with van der Waals surface area (Å²) in [6.45, 7) is 6.62. The molecule has 0 aliphatic carbocycles. The molecule has 2 aromatic rings. The number of hydrogen-bond donors (Lipinski definition) is 0. The zero-order valence-corrected chi connectivity index (χ0v) is 15.6. The molecular weight excluding hydrogens is 332 g/mol. The van der Waals surface area contributed by atoms with Crippen LogP contribution in [0.15, 0.2) is 47.4 Å². The Morgan fingerprint density at radius 3 is 2.72 bits per heavy atom. The van der Waals surface area contributed by atoms with Gasteiger partial charge in [0.05, 0.1) is 11.4 Å². The summed E-state index contributed by atoms with van der Waals surface area (Å²) in [5.74, 6) is 0.292. The third kappa shape index (κ3) is 3.56. The molecule has 0 radical (unpaired) electrons. The number of nitrogens with zero attached hydrogens (tertiary/aromatic N) is 2. The van der Waals surface area contributed by atoms with Gasteiger partial charge >= 0.3 is 0 Å². The standard InChI is InChI=1S/C20H22N2O2S/c1-4-21(17-11-14(2)9-10-15(17)3)19(23)12-22-16-7-5-6-8-18(16)25-13-20(22)24/h5-11H,4,12-13H2,1-3H3. The number of para-hydroxylation sites is 1. The molecule has 5 heteroatoms. The van der Waals surface area contributed by atoms with Crippen LogP contribution in [0.3, 0.4) is 0 Å². The van der Waals surface area contributed by atoms with Crippen molar-refractivity contribution < 1.29 is 9.59 Å². The lowest BCUT2D eigenvalue weighted by atomic mass is 10.1. The number of anilines is 2. The molecule has 0 spiro atoms. The maximum absolute atomic E-state index is 13.0. The predicted octanol–water partition coefficient (Wildman–Crippen LogP) is 3.80. The highest BCUT2D eigenvalue weighted by atomic mass is 32.2. The molecule has 0 saturated carbocycles. The van der Waals surface area contributed by atoms with Gasteiger partial charge < -0.3 is 9.80 Å². The molecule has 2 amide bonds. The first-order chi connectivity index (χ1) is 12.0. The number of thioether (sulfide) groups is 1. The van der Waals surface area contributed by atoms with Gasteiger partial charge in [-0.15, -0.1) is 11.8 Å². The Bertz CT molecular complexity index is 819. The quantitative estimate of drug-likeness (QED) is 0.839. The van der Waals surface area contributed by atoms with Gasteiger partial charge in [-0.05, 0) is 50.1 Å². The molecular formula is C20H22N2O2S. The number of aryl methyl sites for hydroxylation is 2. The molecule has 0 saturated heterocycles. The molecule has 4 nitrogen and oxygen atoms in total. The van der Waals surface area contributed by atoms with E-state index in [1.54, 1.807) is 9.80 Å². The van der Waals surface area contributed by atoms with Crippen LogP contribution in [0.25, 0.3) is 0 Å². The highest BCUT2D eigenvalue weighted by molar-refractivity contribution is 8.00. The third-order valence-corrected chi connectivity index (χ3v) is 5.42. The van der Waals surface area contributed by atoms with Crippen molar-refractivity contribution in [1.82, 2.24) is 0 Å². The van der Waals surface area contributed by atoms with Gasteiger partial charge in [0.2, 0.25) is 11.8 Å². The number of fused-ring (bicyclic) bond motifs is 1. The van der Waals surface area contributed by atoms with Crippen molar-refractivity contribution in [3.63, 3.8) is 0 Å². The molecule has 0 N–H and O–H groups in total. The van der Waals surface area contributed by atoms with Gasteiger partial charge in [-0.1, -0.05) is 24.3 Å². The molecule has 0 atom stereocenters. The average Bonchev–Trinajstić information content (AvgIpc) is 2.61. The van der Waals surface area contributed by atoms with Gasteiger partial charge in [-0.25, -0.2) is 0 Å². The monoisotopic (exact) mass is 354 g/mol. The van der Waals surface area contributed by atoms with Gasteiger partial charge in [0, 0.05) is 17.1 Å². The van der Waals surface area contributed by atoms with Crippen LogP contribution in [-0.4, -0.2) is 30.7 Å². The minimum atomic E-state index is -0.0637. The fourth-order valence-corrected chi connectivity index (χ4v) is 3.97. The molecule has 0 fully saturated rings. The van der Waals surface area contributed by atoms with Crippen LogP contribution in [-0.2, 0) is 9.59 Å². The second kappa shape index (κ2) is 7.31. The maximum atomic E-state index is 13.0. The first-order valence-electron chi connectivity index (χ1n) is 8.41. The van der Waals surface area contributed by atoms with Crippen LogP contribution in [0.4, 0.5) is 11.4 Å². The first kappa shape index (κ1) is 17.5. The van der Waals surface area contributed by atoms with E-state index in [1.165, 1.54) is 11.8 Å². The Kier molecular flexibility index (Phi) is 5.13. The van der Waals surface area contributed by atoms with E-state index in [4.69, 9.17) is 0 Å². The summed E-state index contributed by atoms with van der Waals surface area (Å²) in [5.41, 5.74) is 3.91. The van der Waals surface area contributed by atoms with Gasteiger partial charge in [0.15, 0.2) is 0 Å². The van der Waals surface area contributed by atoms with E-state index in [2.05, 4.69) is 0 Å². The maximum Gasteiger partial charge on any atom is 0.247 e. The fraction of sp³-hybridized carbons (Fsp3) is 0.300. The molecule has 3 rings (SSSR count). The van der Waals surface area contributed by atoms with E-state index in [1.807, 2.05) is 63.2 Å². The van der Waals surface area contributed by atoms with E-state index >= 15 is 0 Å². The smallest absolute Gasteiger partial charge is 0.247 e. The summed E-state index contributed by atoms with van der Waals surface area (Å²) in [6, 6.07) is 13.8. The number of benzene rings is 2. The lowest BCUT2D eigenvalue weighted by molar-refractivity contribution is -0.121. The lowest BCUT2D eigenvalue weighted by Gasteiger charge is -2.31. The average molecular weight is 354 g/mol. The van der Waals surface area contributed by atoms with E-state index in [-0.39, 0.29) is 18.4 Å². The summed E-state index contributed by atoms with van der Waals surface area (Å²) < 4.78 is 0. The molecule has 130 valence electrons. The molecule has 1 aliphatic heterocycles. The zero-order valence-electron chi connectivity index (χ0n) is 14.8. The molecule has 1 aliphatic rings. The van der Waals surface area contributed by atoms with E-state index < -0.39 is 0 Å². The second-order valence-electron chi connectivity index (χ2n) is 6.16. The van der Waals surface area contributed by atoms with Gasteiger partial charge in [-0.3, -0.25) is 9.59 Å². The number of hydrogen-bond acceptors (Lipinski definition) is 3. The van der Waals surface area contributed by atoms with Crippen molar-refractivity contribution in [3.8, 4) is 0 Å². The summed E-state index contributed by atoms with van der Waals surface area (Å²) in [5, 5.41) is 0. The van der Waals surface area contributed by atoms with Crippen LogP contribution in [0, 0.1) is 13.8 Å². The SMILES string of the molecule is CCN(C(=O)CN1C(=O)CSc2ccccc21)c1cc(C)ccc1C. The molecule has 0 unspecified atom stereocenters. The largest absolute Gasteiger partial charge is 0.311 e. The Morgan fingerprint density at radius 2 is 1.96 bits per heavy atom. The van der Waals surface area contributed by atoms with Gasteiger partial charge in [-0.2, -0.15) is 0 Å². The van der Waals surface area contributed by atoms with Crippen LogP contribution in [0.2, 0.25) is 0 Å². The van der Waals surface area contributed by atoms with Crippen LogP contribution in [0.5, 0.6) is 0 Å². The highest BCUT2D eigenvalue weighted by Gasteiger charge is 2.28. The number of amides is 2. The number of carbonyl (C=O) groups is 2. The van der Waals surface area contributed by atoms with Crippen LogP contribution in [0.1, 0.15) is 18.1 Å². The van der Waals surface area contributed by atoms with Crippen molar-refractivity contribution in [2.24, 2.45) is 0 Å². The third-order valence-electron chi connectivity index (χ3n) is 4.37. The number of carbonyl (C=O) groups excluding carboxylic acids is 2. The lowest BCUT2D eigenvalue weighted by Crippen LogP contribution is -2.45. The predicted molar refractivity (Wildman–Crippen MR) is 103 cm³/mol.